The molecule has 0 radical (unpaired) electrons. The van der Waals surface area contributed by atoms with Crippen LogP contribution < -0.4 is 20.3 Å². The number of carbonyl (C=O) groups excluding carboxylic acids is 1. The summed E-state index contributed by atoms with van der Waals surface area (Å²) in [5.74, 6) is 1.40. The highest BCUT2D eigenvalue weighted by atomic mass is 16.5. The Morgan fingerprint density at radius 2 is 1.38 bits per heavy atom. The molecule has 40 heavy (non-hydrogen) atoms. The third-order valence-corrected chi connectivity index (χ3v) is 5.63. The summed E-state index contributed by atoms with van der Waals surface area (Å²) in [6, 6.07) is 28.8. The second-order valence-corrected chi connectivity index (χ2v) is 8.77. The fourth-order valence-electron chi connectivity index (χ4n) is 3.65. The van der Waals surface area contributed by atoms with Gasteiger partial charge in [-0.2, -0.15) is 15.0 Å². The van der Waals surface area contributed by atoms with Crippen LogP contribution in [0.5, 0.6) is 11.8 Å². The first-order valence-corrected chi connectivity index (χ1v) is 13.1. The van der Waals surface area contributed by atoms with Crippen molar-refractivity contribution in [1.82, 2.24) is 20.3 Å². The normalized spacial score (nSPS) is 10.6. The van der Waals surface area contributed by atoms with Crippen LogP contribution in [0.15, 0.2) is 91.0 Å². The minimum absolute atomic E-state index is 0.114. The maximum Gasteiger partial charge on any atom is 0.328 e. The van der Waals surface area contributed by atoms with Crippen molar-refractivity contribution in [3.63, 3.8) is 0 Å². The SMILES string of the molecule is CN(Cc1ccccc1)c1nc(NCCOCCOCCNC(=O)c2ccccc2)nc(Oc2ccccc2)n1. The molecule has 10 heteroatoms. The van der Waals surface area contributed by atoms with Crippen molar-refractivity contribution in [3.05, 3.63) is 102 Å². The Hall–Kier alpha value is -4.54. The quantitative estimate of drug-likeness (QED) is 0.202. The number of rotatable bonds is 16. The lowest BCUT2D eigenvalue weighted by Gasteiger charge is -2.18. The van der Waals surface area contributed by atoms with Gasteiger partial charge in [0.2, 0.25) is 11.9 Å². The van der Waals surface area contributed by atoms with E-state index >= 15 is 0 Å². The van der Waals surface area contributed by atoms with Gasteiger partial charge in [-0.25, -0.2) is 0 Å². The van der Waals surface area contributed by atoms with Gasteiger partial charge in [-0.1, -0.05) is 66.7 Å². The summed E-state index contributed by atoms with van der Waals surface area (Å²) in [7, 11) is 1.93. The molecular weight excluding hydrogens is 508 g/mol. The average Bonchev–Trinajstić information content (AvgIpc) is 2.99. The zero-order valence-electron chi connectivity index (χ0n) is 22.5. The van der Waals surface area contributed by atoms with E-state index in [1.807, 2.05) is 78.7 Å². The van der Waals surface area contributed by atoms with Crippen LogP contribution in [0.4, 0.5) is 11.9 Å². The van der Waals surface area contributed by atoms with Crippen molar-refractivity contribution in [2.24, 2.45) is 0 Å². The van der Waals surface area contributed by atoms with E-state index < -0.39 is 0 Å². The van der Waals surface area contributed by atoms with E-state index in [1.165, 1.54) is 0 Å². The molecule has 0 saturated carbocycles. The lowest BCUT2D eigenvalue weighted by atomic mass is 10.2. The number of aromatic nitrogens is 3. The summed E-state index contributed by atoms with van der Waals surface area (Å²) >= 11 is 0. The summed E-state index contributed by atoms with van der Waals surface area (Å²) in [6.45, 7) is 3.26. The van der Waals surface area contributed by atoms with Crippen LogP contribution in [-0.2, 0) is 16.0 Å². The number of ether oxygens (including phenoxy) is 3. The molecular formula is C30H34N6O4. The minimum Gasteiger partial charge on any atom is -0.424 e. The third-order valence-electron chi connectivity index (χ3n) is 5.63. The Labute approximate surface area is 234 Å². The molecule has 10 nitrogen and oxygen atoms in total. The van der Waals surface area contributed by atoms with Gasteiger partial charge in [0.1, 0.15) is 5.75 Å². The van der Waals surface area contributed by atoms with Gasteiger partial charge in [-0.15, -0.1) is 0 Å². The van der Waals surface area contributed by atoms with Gasteiger partial charge >= 0.3 is 6.01 Å². The summed E-state index contributed by atoms with van der Waals surface area (Å²) in [6.07, 6.45) is 0. The second-order valence-electron chi connectivity index (χ2n) is 8.77. The second kappa shape index (κ2) is 15.8. The first kappa shape index (κ1) is 28.5. The van der Waals surface area contributed by atoms with Crippen molar-refractivity contribution in [2.75, 3.05) is 56.8 Å². The predicted octanol–water partition coefficient (Wildman–Crippen LogP) is 4.18. The van der Waals surface area contributed by atoms with Crippen molar-refractivity contribution in [2.45, 2.75) is 6.54 Å². The Morgan fingerprint density at radius 1 is 0.750 bits per heavy atom. The summed E-state index contributed by atoms with van der Waals surface area (Å²) in [5, 5.41) is 6.01. The lowest BCUT2D eigenvalue weighted by molar-refractivity contribution is 0.0519. The van der Waals surface area contributed by atoms with Crippen molar-refractivity contribution in [1.29, 1.82) is 0 Å². The summed E-state index contributed by atoms with van der Waals surface area (Å²) in [5.41, 5.74) is 1.77. The highest BCUT2D eigenvalue weighted by Crippen LogP contribution is 2.21. The van der Waals surface area contributed by atoms with E-state index in [9.17, 15) is 4.79 Å². The number of hydrogen-bond acceptors (Lipinski definition) is 9. The molecule has 3 aromatic carbocycles. The average molecular weight is 543 g/mol. The number of nitrogens with one attached hydrogen (secondary N) is 2. The number of hydrogen-bond donors (Lipinski definition) is 2. The van der Waals surface area contributed by atoms with E-state index in [1.54, 1.807) is 12.1 Å². The van der Waals surface area contributed by atoms with E-state index in [4.69, 9.17) is 14.2 Å². The smallest absolute Gasteiger partial charge is 0.328 e. The van der Waals surface area contributed by atoms with Crippen molar-refractivity contribution >= 4 is 17.8 Å². The number of amides is 1. The van der Waals surface area contributed by atoms with E-state index in [0.29, 0.717) is 69.3 Å². The number of para-hydroxylation sites is 1. The van der Waals surface area contributed by atoms with Crippen LogP contribution in [-0.4, -0.2) is 67.4 Å². The maximum absolute atomic E-state index is 12.0. The van der Waals surface area contributed by atoms with E-state index in [-0.39, 0.29) is 11.9 Å². The molecule has 0 bridgehead atoms. The lowest BCUT2D eigenvalue weighted by Crippen LogP contribution is -2.27. The molecule has 0 saturated heterocycles. The van der Waals surface area contributed by atoms with Crippen LogP contribution in [0.1, 0.15) is 15.9 Å². The monoisotopic (exact) mass is 542 g/mol. The molecule has 0 atom stereocenters. The molecule has 0 aliphatic carbocycles. The largest absolute Gasteiger partial charge is 0.424 e. The molecule has 0 fully saturated rings. The molecule has 2 N–H and O–H groups in total. The van der Waals surface area contributed by atoms with Crippen LogP contribution in [0.25, 0.3) is 0 Å². The van der Waals surface area contributed by atoms with E-state index in [0.717, 1.165) is 5.56 Å². The maximum atomic E-state index is 12.0. The number of nitrogens with zero attached hydrogens (tertiary/aromatic N) is 4. The highest BCUT2D eigenvalue weighted by Gasteiger charge is 2.13. The molecule has 1 amide bonds. The van der Waals surface area contributed by atoms with Gasteiger partial charge in [0.15, 0.2) is 0 Å². The van der Waals surface area contributed by atoms with Crippen LogP contribution in [0.3, 0.4) is 0 Å². The molecule has 1 heterocycles. The molecule has 4 aromatic rings. The fourth-order valence-corrected chi connectivity index (χ4v) is 3.65. The number of anilines is 2. The van der Waals surface area contributed by atoms with Crippen LogP contribution >= 0.6 is 0 Å². The molecule has 1 aromatic heterocycles. The Morgan fingerprint density at radius 3 is 2.08 bits per heavy atom. The van der Waals surface area contributed by atoms with Crippen LogP contribution in [0.2, 0.25) is 0 Å². The zero-order valence-corrected chi connectivity index (χ0v) is 22.5. The molecule has 208 valence electrons. The number of carbonyl (C=O) groups is 1. The standard InChI is InChI=1S/C30H34N6O4/c1-36(23-24-11-5-2-6-12-24)29-33-28(34-30(35-29)40-26-15-9-4-10-16-26)32-18-20-39-22-21-38-19-17-31-27(37)25-13-7-3-8-14-25/h2-16H,17-23H2,1H3,(H,31,37)(H,32,33,34,35). The molecule has 0 unspecified atom stereocenters. The Bertz CT molecular complexity index is 1300. The van der Waals surface area contributed by atoms with Crippen LogP contribution in [0, 0.1) is 0 Å². The Kier molecular flexibility index (Phi) is 11.2. The van der Waals surface area contributed by atoms with Gasteiger partial charge in [-0.05, 0) is 29.8 Å². The van der Waals surface area contributed by atoms with Crippen molar-refractivity contribution in [3.8, 4) is 11.8 Å². The molecule has 0 aliphatic heterocycles. The first-order chi connectivity index (χ1) is 19.7. The number of benzene rings is 3. The topological polar surface area (TPSA) is 111 Å². The Balaban J connectivity index is 1.20. The molecule has 0 aliphatic rings. The van der Waals surface area contributed by atoms with Gasteiger partial charge in [-0.3, -0.25) is 4.79 Å². The van der Waals surface area contributed by atoms with Gasteiger partial charge in [0.25, 0.3) is 5.91 Å². The molecule has 0 spiro atoms. The zero-order chi connectivity index (χ0) is 27.8. The fraction of sp³-hybridized carbons (Fsp3) is 0.267. The van der Waals surface area contributed by atoms with Gasteiger partial charge in [0, 0.05) is 32.2 Å². The predicted molar refractivity (Wildman–Crippen MR) is 154 cm³/mol. The summed E-state index contributed by atoms with van der Waals surface area (Å²) in [4.78, 5) is 27.5. The third kappa shape index (κ3) is 9.64. The highest BCUT2D eigenvalue weighted by molar-refractivity contribution is 5.94. The van der Waals surface area contributed by atoms with Gasteiger partial charge < -0.3 is 29.7 Å². The van der Waals surface area contributed by atoms with Crippen molar-refractivity contribution < 1.29 is 19.0 Å². The summed E-state index contributed by atoms with van der Waals surface area (Å²) < 4.78 is 17.1. The van der Waals surface area contributed by atoms with Gasteiger partial charge in [0.05, 0.1) is 26.4 Å². The first-order valence-electron chi connectivity index (χ1n) is 13.1. The minimum atomic E-state index is -0.114. The van der Waals surface area contributed by atoms with E-state index in [2.05, 4.69) is 37.7 Å². The molecule has 4 rings (SSSR count).